The fraction of sp³-hybridized carbons (Fsp3) is 0.235. The van der Waals surface area contributed by atoms with Crippen LogP contribution in [-0.2, 0) is 13.6 Å². The Labute approximate surface area is 132 Å². The number of ether oxygens (including phenoxy) is 1. The van der Waals surface area contributed by atoms with Gasteiger partial charge in [0.2, 0.25) is 0 Å². The number of hydrogen-bond donors (Lipinski definition) is 0. The number of hydrogen-bond acceptors (Lipinski definition) is 4. The van der Waals surface area contributed by atoms with E-state index in [4.69, 9.17) is 4.74 Å². The molecule has 3 aromatic rings. The zero-order valence-electron chi connectivity index (χ0n) is 13.0. The molecule has 0 spiro atoms. The van der Waals surface area contributed by atoms with Crippen molar-refractivity contribution in [3.8, 4) is 5.75 Å². The summed E-state index contributed by atoms with van der Waals surface area (Å²) in [7, 11) is 1.61. The summed E-state index contributed by atoms with van der Waals surface area (Å²) in [6.45, 7) is 2.49. The first-order valence-electron chi connectivity index (χ1n) is 7.38. The van der Waals surface area contributed by atoms with Crippen LogP contribution in [0.3, 0.4) is 0 Å². The van der Waals surface area contributed by atoms with E-state index in [0.717, 1.165) is 5.56 Å². The summed E-state index contributed by atoms with van der Waals surface area (Å²) < 4.78 is 8.12. The molecule has 0 aliphatic rings. The maximum atomic E-state index is 12.8. The molecule has 118 valence electrons. The minimum absolute atomic E-state index is 0.211. The lowest BCUT2D eigenvalue weighted by Gasteiger charge is -2.12. The van der Waals surface area contributed by atoms with Crippen LogP contribution in [0.2, 0.25) is 0 Å². The highest BCUT2D eigenvalue weighted by Gasteiger charge is 2.16. The van der Waals surface area contributed by atoms with E-state index in [0.29, 0.717) is 23.4 Å². The molecule has 2 heterocycles. The molecule has 2 aromatic heterocycles. The Kier molecular flexibility index (Phi) is 3.97. The van der Waals surface area contributed by atoms with Crippen molar-refractivity contribution in [2.24, 2.45) is 7.05 Å². The predicted molar refractivity (Wildman–Crippen MR) is 88.0 cm³/mol. The Bertz CT molecular complexity index is 958. The smallest absolute Gasteiger partial charge is 0.332 e. The van der Waals surface area contributed by atoms with Gasteiger partial charge in [-0.2, -0.15) is 0 Å². The molecule has 3 rings (SSSR count). The molecule has 0 radical (unpaired) electrons. The van der Waals surface area contributed by atoms with Crippen molar-refractivity contribution < 1.29 is 4.74 Å². The van der Waals surface area contributed by atoms with Crippen LogP contribution in [0.5, 0.6) is 5.75 Å². The molecule has 1 aromatic carbocycles. The lowest BCUT2D eigenvalue weighted by molar-refractivity contribution is 0.343. The highest BCUT2D eigenvalue weighted by Crippen LogP contribution is 2.19. The minimum Gasteiger partial charge on any atom is -0.493 e. The van der Waals surface area contributed by atoms with Crippen LogP contribution < -0.4 is 16.0 Å². The van der Waals surface area contributed by atoms with Crippen molar-refractivity contribution in [1.82, 2.24) is 14.1 Å². The first-order valence-corrected chi connectivity index (χ1v) is 7.38. The van der Waals surface area contributed by atoms with Crippen LogP contribution in [0.1, 0.15) is 12.5 Å². The van der Waals surface area contributed by atoms with E-state index >= 15 is 0 Å². The third-order valence-corrected chi connectivity index (χ3v) is 3.67. The molecule has 0 fully saturated rings. The molecule has 6 heteroatoms. The molecule has 0 aliphatic carbocycles. The second-order valence-corrected chi connectivity index (χ2v) is 5.16. The fourth-order valence-corrected chi connectivity index (χ4v) is 2.56. The van der Waals surface area contributed by atoms with Crippen LogP contribution in [0, 0.1) is 0 Å². The van der Waals surface area contributed by atoms with Gasteiger partial charge in [0.25, 0.3) is 5.56 Å². The highest BCUT2D eigenvalue weighted by molar-refractivity contribution is 5.81. The average Bonchev–Trinajstić information content (AvgIpc) is 2.58. The van der Waals surface area contributed by atoms with E-state index in [2.05, 4.69) is 4.98 Å². The molecular formula is C17H17N3O3. The van der Waals surface area contributed by atoms with Crippen LogP contribution in [0.15, 0.2) is 52.2 Å². The van der Waals surface area contributed by atoms with Crippen LogP contribution in [0.25, 0.3) is 11.0 Å². The molecule has 0 N–H and O–H groups in total. The number of rotatable bonds is 4. The lowest BCUT2D eigenvalue weighted by Crippen LogP contribution is -2.39. The van der Waals surface area contributed by atoms with Gasteiger partial charge in [0, 0.05) is 13.2 Å². The zero-order chi connectivity index (χ0) is 16.4. The Balaban J connectivity index is 2.29. The normalized spacial score (nSPS) is 10.9. The second-order valence-electron chi connectivity index (χ2n) is 5.16. The van der Waals surface area contributed by atoms with E-state index in [9.17, 15) is 9.59 Å². The number of nitrogens with zero attached hydrogens (tertiary/aromatic N) is 3. The van der Waals surface area contributed by atoms with Gasteiger partial charge in [0.05, 0.1) is 13.2 Å². The van der Waals surface area contributed by atoms with Gasteiger partial charge < -0.3 is 4.74 Å². The number of benzene rings is 1. The molecular weight excluding hydrogens is 294 g/mol. The summed E-state index contributed by atoms with van der Waals surface area (Å²) >= 11 is 0. The molecule has 0 aliphatic heterocycles. The Hall–Kier alpha value is -2.89. The topological polar surface area (TPSA) is 66.1 Å². The Morgan fingerprint density at radius 2 is 1.87 bits per heavy atom. The molecule has 0 saturated carbocycles. The monoisotopic (exact) mass is 311 g/mol. The summed E-state index contributed by atoms with van der Waals surface area (Å²) in [5.41, 5.74) is 0.430. The van der Waals surface area contributed by atoms with Crippen molar-refractivity contribution in [3.05, 3.63) is 69.0 Å². The van der Waals surface area contributed by atoms with Gasteiger partial charge in [0.15, 0.2) is 5.65 Å². The van der Waals surface area contributed by atoms with Crippen LogP contribution in [0.4, 0.5) is 0 Å². The quantitative estimate of drug-likeness (QED) is 0.733. The second kappa shape index (κ2) is 6.08. The molecule has 6 nitrogen and oxygen atoms in total. The van der Waals surface area contributed by atoms with Gasteiger partial charge in [-0.15, -0.1) is 0 Å². The summed E-state index contributed by atoms with van der Waals surface area (Å²) in [5.74, 6) is 0.444. The van der Waals surface area contributed by atoms with Gasteiger partial charge in [0.1, 0.15) is 11.1 Å². The minimum atomic E-state index is -0.396. The van der Waals surface area contributed by atoms with E-state index in [1.807, 2.05) is 37.3 Å². The van der Waals surface area contributed by atoms with Gasteiger partial charge >= 0.3 is 5.69 Å². The van der Waals surface area contributed by atoms with Crippen molar-refractivity contribution >= 4 is 11.0 Å². The van der Waals surface area contributed by atoms with E-state index < -0.39 is 5.69 Å². The van der Waals surface area contributed by atoms with E-state index in [-0.39, 0.29) is 12.1 Å². The average molecular weight is 311 g/mol. The first-order chi connectivity index (χ1) is 11.1. The third-order valence-electron chi connectivity index (χ3n) is 3.67. The fourth-order valence-electron chi connectivity index (χ4n) is 2.56. The summed E-state index contributed by atoms with van der Waals surface area (Å²) in [6, 6.07) is 11.0. The van der Waals surface area contributed by atoms with Gasteiger partial charge in [-0.25, -0.2) is 9.78 Å². The van der Waals surface area contributed by atoms with Crippen molar-refractivity contribution in [2.75, 3.05) is 6.61 Å². The lowest BCUT2D eigenvalue weighted by atomic mass is 10.2. The SMILES string of the molecule is CCOc1ccnc2c1c(=O)n(Cc1ccccc1)c(=O)n2C. The molecule has 0 saturated heterocycles. The van der Waals surface area contributed by atoms with E-state index in [1.54, 1.807) is 13.1 Å². The maximum absolute atomic E-state index is 12.8. The van der Waals surface area contributed by atoms with Gasteiger partial charge in [-0.05, 0) is 18.6 Å². The first kappa shape index (κ1) is 15.0. The maximum Gasteiger partial charge on any atom is 0.332 e. The summed E-state index contributed by atoms with van der Waals surface area (Å²) in [6.07, 6.45) is 1.54. The molecule has 23 heavy (non-hydrogen) atoms. The third kappa shape index (κ3) is 2.63. The summed E-state index contributed by atoms with van der Waals surface area (Å²) in [4.78, 5) is 29.5. The standard InChI is InChI=1S/C17H17N3O3/c1-3-23-13-9-10-18-15-14(13)16(21)20(17(22)19(15)2)11-12-7-5-4-6-8-12/h4-10H,3,11H2,1-2H3. The van der Waals surface area contributed by atoms with Crippen molar-refractivity contribution in [2.45, 2.75) is 13.5 Å². The molecule has 0 unspecified atom stereocenters. The Morgan fingerprint density at radius 1 is 1.13 bits per heavy atom. The van der Waals surface area contributed by atoms with Crippen LogP contribution >= 0.6 is 0 Å². The van der Waals surface area contributed by atoms with Crippen molar-refractivity contribution in [1.29, 1.82) is 0 Å². The number of aryl methyl sites for hydroxylation is 1. The molecule has 0 bridgehead atoms. The number of fused-ring (bicyclic) bond motifs is 1. The van der Waals surface area contributed by atoms with E-state index in [1.165, 1.54) is 15.3 Å². The van der Waals surface area contributed by atoms with Crippen molar-refractivity contribution in [3.63, 3.8) is 0 Å². The molecule has 0 atom stereocenters. The largest absolute Gasteiger partial charge is 0.493 e. The number of pyridine rings is 1. The summed E-state index contributed by atoms with van der Waals surface area (Å²) in [5, 5.41) is 0.326. The predicted octanol–water partition coefficient (Wildman–Crippen LogP) is 1.54. The zero-order valence-corrected chi connectivity index (χ0v) is 13.0. The Morgan fingerprint density at radius 3 is 2.57 bits per heavy atom. The van der Waals surface area contributed by atoms with Gasteiger partial charge in [-0.1, -0.05) is 30.3 Å². The number of aromatic nitrogens is 3. The van der Waals surface area contributed by atoms with Crippen LogP contribution in [-0.4, -0.2) is 20.7 Å². The highest BCUT2D eigenvalue weighted by atomic mass is 16.5. The van der Waals surface area contributed by atoms with Gasteiger partial charge in [-0.3, -0.25) is 13.9 Å². The molecule has 0 amide bonds.